The zero-order chi connectivity index (χ0) is 22.8. The highest BCUT2D eigenvalue weighted by Crippen LogP contribution is 2.29. The van der Waals surface area contributed by atoms with Crippen LogP contribution >= 0.6 is 11.3 Å². The summed E-state index contributed by atoms with van der Waals surface area (Å²) in [7, 11) is 1.80. The van der Waals surface area contributed by atoms with Gasteiger partial charge in [0, 0.05) is 6.54 Å². The molecular weight excluding hydrogens is 408 g/mol. The Hall–Kier alpha value is -2.25. The monoisotopic (exact) mass is 442 g/mol. The van der Waals surface area contributed by atoms with Crippen molar-refractivity contribution in [2.45, 2.75) is 65.6 Å². The van der Waals surface area contributed by atoms with Gasteiger partial charge in [-0.15, -0.1) is 11.3 Å². The zero-order valence-electron chi connectivity index (χ0n) is 19.4. The Bertz CT molecular complexity index is 916. The normalized spacial score (nSPS) is 18.6. The molecule has 1 aromatic heterocycles. The van der Waals surface area contributed by atoms with E-state index in [1.807, 2.05) is 52.3 Å². The Morgan fingerprint density at radius 3 is 2.45 bits per heavy atom. The summed E-state index contributed by atoms with van der Waals surface area (Å²) >= 11 is 1.63. The van der Waals surface area contributed by atoms with E-state index in [9.17, 15) is 9.59 Å². The minimum absolute atomic E-state index is 0.00424. The number of hydrogen-bond acceptors (Lipinski definition) is 5. The summed E-state index contributed by atoms with van der Waals surface area (Å²) in [6.07, 6.45) is 1.55. The summed E-state index contributed by atoms with van der Waals surface area (Å²) in [5, 5.41) is 6.26. The molecule has 0 radical (unpaired) electrons. The van der Waals surface area contributed by atoms with Gasteiger partial charge in [-0.1, -0.05) is 45.0 Å². The summed E-state index contributed by atoms with van der Waals surface area (Å²) in [5.74, 6) is -0.0749. The molecule has 7 heteroatoms. The second-order valence-corrected chi connectivity index (χ2v) is 10.3. The molecule has 0 bridgehead atoms. The molecule has 0 aliphatic carbocycles. The maximum Gasteiger partial charge on any atom is 0.243 e. The van der Waals surface area contributed by atoms with Crippen molar-refractivity contribution in [2.75, 3.05) is 13.6 Å². The highest BCUT2D eigenvalue weighted by atomic mass is 32.1. The third kappa shape index (κ3) is 5.15. The lowest BCUT2D eigenvalue weighted by molar-refractivity contribution is -0.142. The van der Waals surface area contributed by atoms with Crippen molar-refractivity contribution in [3.63, 3.8) is 0 Å². The average molecular weight is 443 g/mol. The van der Waals surface area contributed by atoms with Gasteiger partial charge in [0.25, 0.3) is 0 Å². The predicted octanol–water partition coefficient (Wildman–Crippen LogP) is 3.92. The molecule has 0 saturated carbocycles. The molecule has 1 fully saturated rings. The van der Waals surface area contributed by atoms with Crippen LogP contribution < -0.4 is 10.6 Å². The van der Waals surface area contributed by atoms with E-state index in [-0.39, 0.29) is 29.3 Å². The lowest BCUT2D eigenvalue weighted by atomic mass is 9.86. The second kappa shape index (κ2) is 9.49. The van der Waals surface area contributed by atoms with Crippen LogP contribution in [0.4, 0.5) is 0 Å². The number of amides is 2. The number of aromatic nitrogens is 1. The molecule has 0 spiro atoms. The van der Waals surface area contributed by atoms with Gasteiger partial charge in [0.1, 0.15) is 6.04 Å². The van der Waals surface area contributed by atoms with Gasteiger partial charge in [0.15, 0.2) is 0 Å². The molecule has 6 nitrogen and oxygen atoms in total. The van der Waals surface area contributed by atoms with Crippen LogP contribution in [0.2, 0.25) is 0 Å². The number of thiazole rings is 1. The van der Waals surface area contributed by atoms with Crippen LogP contribution in [0.5, 0.6) is 0 Å². The topological polar surface area (TPSA) is 74.3 Å². The van der Waals surface area contributed by atoms with Crippen LogP contribution in [0.3, 0.4) is 0 Å². The molecule has 2 aromatic rings. The lowest BCUT2D eigenvalue weighted by Crippen LogP contribution is -2.55. The van der Waals surface area contributed by atoms with E-state index >= 15 is 0 Å². The minimum Gasteiger partial charge on any atom is -0.348 e. The molecule has 1 saturated heterocycles. The largest absolute Gasteiger partial charge is 0.348 e. The first kappa shape index (κ1) is 23.4. The lowest BCUT2D eigenvalue weighted by Gasteiger charge is -2.35. The fraction of sp³-hybridized carbons (Fsp3) is 0.542. The SMILES string of the molecule is CN[C@@H](C(=O)N1CCCC1C(=O)NC(C)c1ccc(-c2scnc2C)cc1)C(C)(C)C. The summed E-state index contributed by atoms with van der Waals surface area (Å²) in [6, 6.07) is 7.38. The average Bonchev–Trinajstić information content (AvgIpc) is 3.36. The summed E-state index contributed by atoms with van der Waals surface area (Å²) < 4.78 is 0. The minimum atomic E-state index is -0.410. The third-order valence-electron chi connectivity index (χ3n) is 6.02. The number of nitrogens with zero attached hydrogens (tertiary/aromatic N) is 2. The van der Waals surface area contributed by atoms with Gasteiger partial charge in [-0.2, -0.15) is 0 Å². The number of likely N-dealkylation sites (tertiary alicyclic amines) is 1. The number of rotatable bonds is 6. The number of aryl methyl sites for hydroxylation is 1. The Kier molecular flexibility index (Phi) is 7.17. The molecule has 168 valence electrons. The smallest absolute Gasteiger partial charge is 0.243 e. The van der Waals surface area contributed by atoms with E-state index in [0.29, 0.717) is 13.0 Å². The molecule has 2 amide bonds. The number of likely N-dealkylation sites (N-methyl/N-ethyl adjacent to an activating group) is 1. The Labute approximate surface area is 189 Å². The van der Waals surface area contributed by atoms with Gasteiger partial charge in [0.2, 0.25) is 11.8 Å². The van der Waals surface area contributed by atoms with Crippen LogP contribution in [0.25, 0.3) is 10.4 Å². The highest BCUT2D eigenvalue weighted by Gasteiger charge is 2.40. The quantitative estimate of drug-likeness (QED) is 0.711. The van der Waals surface area contributed by atoms with E-state index in [1.54, 1.807) is 23.3 Å². The number of nitrogens with one attached hydrogen (secondary N) is 2. The number of carbonyl (C=O) groups excluding carboxylic acids is 2. The molecule has 2 heterocycles. The Balaban J connectivity index is 1.67. The van der Waals surface area contributed by atoms with Gasteiger partial charge in [0.05, 0.1) is 28.2 Å². The van der Waals surface area contributed by atoms with Crippen molar-refractivity contribution in [1.29, 1.82) is 0 Å². The molecule has 2 N–H and O–H groups in total. The zero-order valence-corrected chi connectivity index (χ0v) is 20.2. The van der Waals surface area contributed by atoms with Crippen molar-refractivity contribution < 1.29 is 9.59 Å². The van der Waals surface area contributed by atoms with Crippen molar-refractivity contribution in [3.8, 4) is 10.4 Å². The highest BCUT2D eigenvalue weighted by molar-refractivity contribution is 7.13. The van der Waals surface area contributed by atoms with Gasteiger partial charge >= 0.3 is 0 Å². The van der Waals surface area contributed by atoms with Crippen molar-refractivity contribution in [1.82, 2.24) is 20.5 Å². The summed E-state index contributed by atoms with van der Waals surface area (Å²) in [4.78, 5) is 33.5. The molecule has 31 heavy (non-hydrogen) atoms. The second-order valence-electron chi connectivity index (χ2n) is 9.40. The van der Waals surface area contributed by atoms with Crippen LogP contribution in [0.15, 0.2) is 29.8 Å². The molecular formula is C24H34N4O2S. The Morgan fingerprint density at radius 2 is 1.90 bits per heavy atom. The van der Waals surface area contributed by atoms with Gasteiger partial charge in [-0.3, -0.25) is 9.59 Å². The van der Waals surface area contributed by atoms with Crippen molar-refractivity contribution in [3.05, 3.63) is 41.0 Å². The van der Waals surface area contributed by atoms with Gasteiger partial charge < -0.3 is 15.5 Å². The van der Waals surface area contributed by atoms with E-state index < -0.39 is 6.04 Å². The summed E-state index contributed by atoms with van der Waals surface area (Å²) in [6.45, 7) is 10.7. The van der Waals surface area contributed by atoms with Crippen molar-refractivity contribution in [2.24, 2.45) is 5.41 Å². The standard InChI is InChI=1S/C24H34N4O2S/c1-15(17-9-11-18(12-10-17)20-16(2)26-14-31-20)27-22(29)19-8-7-13-28(19)23(30)21(25-6)24(3,4)5/h9-12,14-15,19,21,25H,7-8,13H2,1-6H3,(H,27,29)/t15?,19?,21-/m0/s1. The molecule has 1 aliphatic heterocycles. The number of hydrogen-bond donors (Lipinski definition) is 2. The first-order valence-electron chi connectivity index (χ1n) is 10.9. The summed E-state index contributed by atoms with van der Waals surface area (Å²) in [5.41, 5.74) is 4.84. The van der Waals surface area contributed by atoms with E-state index in [4.69, 9.17) is 0 Å². The molecule has 2 unspecified atom stereocenters. The van der Waals surface area contributed by atoms with Gasteiger partial charge in [-0.25, -0.2) is 4.98 Å². The molecule has 3 atom stereocenters. The van der Waals surface area contributed by atoms with Crippen LogP contribution in [-0.2, 0) is 9.59 Å². The van der Waals surface area contributed by atoms with Crippen molar-refractivity contribution >= 4 is 23.2 Å². The fourth-order valence-electron chi connectivity index (χ4n) is 4.29. The van der Waals surface area contributed by atoms with Crippen LogP contribution in [0, 0.1) is 12.3 Å². The van der Waals surface area contributed by atoms with E-state index in [1.165, 1.54) is 4.88 Å². The van der Waals surface area contributed by atoms with Crippen LogP contribution in [-0.4, -0.2) is 47.4 Å². The van der Waals surface area contributed by atoms with E-state index in [0.717, 1.165) is 23.2 Å². The first-order valence-corrected chi connectivity index (χ1v) is 11.8. The molecule has 1 aromatic carbocycles. The maximum atomic E-state index is 13.2. The van der Waals surface area contributed by atoms with Crippen LogP contribution in [0.1, 0.15) is 57.8 Å². The number of benzene rings is 1. The van der Waals surface area contributed by atoms with Gasteiger partial charge in [-0.05, 0) is 50.3 Å². The molecule has 3 rings (SSSR count). The molecule has 1 aliphatic rings. The Morgan fingerprint density at radius 1 is 1.23 bits per heavy atom. The van der Waals surface area contributed by atoms with E-state index in [2.05, 4.69) is 27.8 Å². The third-order valence-corrected chi connectivity index (χ3v) is 6.99. The fourth-order valence-corrected chi connectivity index (χ4v) is 5.10. The first-order chi connectivity index (χ1) is 14.6. The maximum absolute atomic E-state index is 13.2. The predicted molar refractivity (Wildman–Crippen MR) is 126 cm³/mol. The number of carbonyl (C=O) groups is 2.